The Bertz CT molecular complexity index is 406. The van der Waals surface area contributed by atoms with Crippen molar-refractivity contribution >= 4 is 34.3 Å². The van der Waals surface area contributed by atoms with Gasteiger partial charge in [0.25, 0.3) is 0 Å². The van der Waals surface area contributed by atoms with Crippen molar-refractivity contribution in [1.29, 1.82) is 0 Å². The van der Waals surface area contributed by atoms with E-state index in [2.05, 4.69) is 29.2 Å². The number of carboxylic acid groups (broad SMARTS) is 1. The summed E-state index contributed by atoms with van der Waals surface area (Å²) in [6, 6.07) is 5.83. The van der Waals surface area contributed by atoms with Crippen molar-refractivity contribution in [3.05, 3.63) is 47.5 Å². The van der Waals surface area contributed by atoms with E-state index in [1.807, 2.05) is 0 Å². The van der Waals surface area contributed by atoms with Gasteiger partial charge in [0, 0.05) is 15.6 Å². The fourth-order valence-electron chi connectivity index (χ4n) is 1.03. The fraction of sp³-hybridized carbons (Fsp3) is 0.0909. The number of ketones is 1. The van der Waals surface area contributed by atoms with Gasteiger partial charge in [0.2, 0.25) is 0 Å². The van der Waals surface area contributed by atoms with Gasteiger partial charge in [-0.2, -0.15) is 0 Å². The van der Waals surface area contributed by atoms with Crippen LogP contribution in [-0.2, 0) is 0 Å². The van der Waals surface area contributed by atoms with Crippen LogP contribution in [0.3, 0.4) is 0 Å². The van der Waals surface area contributed by atoms with Gasteiger partial charge in [0.05, 0.1) is 5.56 Å². The molecule has 0 spiro atoms. The van der Waals surface area contributed by atoms with Crippen molar-refractivity contribution in [3.63, 3.8) is 0 Å². The van der Waals surface area contributed by atoms with Gasteiger partial charge in [-0.25, -0.2) is 4.79 Å². The van der Waals surface area contributed by atoms with E-state index >= 15 is 0 Å². The highest BCUT2D eigenvalue weighted by Crippen LogP contribution is 2.10. The molecule has 3 nitrogen and oxygen atoms in total. The highest BCUT2D eigenvalue weighted by atomic mass is 127. The molecule has 1 rings (SSSR count). The van der Waals surface area contributed by atoms with Crippen LogP contribution in [0.15, 0.2) is 36.4 Å². The zero-order chi connectivity index (χ0) is 11.4. The number of halogens is 1. The van der Waals surface area contributed by atoms with Gasteiger partial charge in [-0.15, -0.1) is 0 Å². The van der Waals surface area contributed by atoms with Crippen molar-refractivity contribution < 1.29 is 14.7 Å². The maximum absolute atomic E-state index is 11.6. The van der Waals surface area contributed by atoms with E-state index in [1.165, 1.54) is 24.3 Å². The van der Waals surface area contributed by atoms with E-state index in [9.17, 15) is 9.59 Å². The lowest BCUT2D eigenvalue weighted by atomic mass is 10.0. The summed E-state index contributed by atoms with van der Waals surface area (Å²) in [5.74, 6) is -1.14. The highest BCUT2D eigenvalue weighted by Gasteiger charge is 2.09. The van der Waals surface area contributed by atoms with Crippen LogP contribution in [0.25, 0.3) is 0 Å². The highest BCUT2D eigenvalue weighted by molar-refractivity contribution is 14.1. The third-order valence-electron chi connectivity index (χ3n) is 1.88. The summed E-state index contributed by atoms with van der Waals surface area (Å²) >= 11 is 2.06. The quantitative estimate of drug-likeness (QED) is 0.402. The number of Topliss-reactive ketones (excluding diaryl/α,β-unsaturated/α-hetero) is 1. The van der Waals surface area contributed by atoms with Gasteiger partial charge in [-0.05, 0) is 12.1 Å². The second-order valence-electron chi connectivity index (χ2n) is 2.95. The van der Waals surface area contributed by atoms with Crippen LogP contribution in [0.4, 0.5) is 0 Å². The first-order valence-electron chi connectivity index (χ1n) is 4.18. The predicted molar refractivity (Wildman–Crippen MR) is 65.8 cm³/mol. The molecule has 0 aliphatic carbocycles. The second-order valence-corrected chi connectivity index (χ2v) is 3.71. The zero-order valence-electron chi connectivity index (χ0n) is 7.87. The van der Waals surface area contributed by atoms with E-state index in [1.54, 1.807) is 0 Å². The van der Waals surface area contributed by atoms with Crippen LogP contribution in [0.5, 0.6) is 0 Å². The molecule has 0 bridgehead atoms. The molecule has 1 N–H and O–H groups in total. The van der Waals surface area contributed by atoms with Gasteiger partial charge in [0.1, 0.15) is 0 Å². The first-order valence-corrected chi connectivity index (χ1v) is 5.70. The van der Waals surface area contributed by atoms with E-state index in [4.69, 9.17) is 5.11 Å². The Labute approximate surface area is 101 Å². The van der Waals surface area contributed by atoms with Crippen LogP contribution in [-0.4, -0.2) is 21.3 Å². The lowest BCUT2D eigenvalue weighted by molar-refractivity contribution is 0.0696. The van der Waals surface area contributed by atoms with Crippen molar-refractivity contribution in [3.8, 4) is 0 Å². The largest absolute Gasteiger partial charge is 0.478 e. The third-order valence-corrected chi connectivity index (χ3v) is 2.80. The Balaban J connectivity index is 2.94. The molecule has 0 saturated heterocycles. The Hall–Kier alpha value is -1.17. The first-order chi connectivity index (χ1) is 7.06. The minimum absolute atomic E-state index is 0.138. The molecule has 15 heavy (non-hydrogen) atoms. The molecule has 0 amide bonds. The molecule has 0 aliphatic heterocycles. The molecule has 0 atom stereocenters. The molecule has 1 aromatic rings. The number of benzene rings is 1. The van der Waals surface area contributed by atoms with Crippen molar-refractivity contribution in [2.75, 3.05) is 4.43 Å². The molecular formula is C11H9IO3. The molecule has 0 unspecified atom stereocenters. The first kappa shape index (κ1) is 11.9. The summed E-state index contributed by atoms with van der Waals surface area (Å²) < 4.78 is 0.567. The molecule has 0 fully saturated rings. The molecular weight excluding hydrogens is 307 g/mol. The number of carbonyl (C=O) groups is 2. The second kappa shape index (κ2) is 5.06. The number of carbonyl (C=O) groups excluding carboxylic acids is 1. The van der Waals surface area contributed by atoms with E-state index in [-0.39, 0.29) is 11.3 Å². The standard InChI is InChI=1S/C11H9IO3/c1-7(6-12)10(13)8-2-4-9(5-3-8)11(14)15/h2-5H,1,6H2,(H,14,15). The van der Waals surface area contributed by atoms with Crippen LogP contribution >= 0.6 is 22.6 Å². The van der Waals surface area contributed by atoms with Gasteiger partial charge >= 0.3 is 5.97 Å². The molecule has 78 valence electrons. The van der Waals surface area contributed by atoms with Crippen LogP contribution < -0.4 is 0 Å². The van der Waals surface area contributed by atoms with Crippen molar-refractivity contribution in [2.45, 2.75) is 0 Å². The molecule has 4 heteroatoms. The smallest absolute Gasteiger partial charge is 0.335 e. The Kier molecular flexibility index (Phi) is 4.02. The number of aromatic carboxylic acids is 1. The maximum atomic E-state index is 11.6. The van der Waals surface area contributed by atoms with Crippen molar-refractivity contribution in [2.24, 2.45) is 0 Å². The average Bonchev–Trinajstić information content (AvgIpc) is 2.27. The third kappa shape index (κ3) is 2.89. The normalized spacial score (nSPS) is 9.67. The van der Waals surface area contributed by atoms with Gasteiger partial charge in [-0.3, -0.25) is 4.79 Å². The fourth-order valence-corrected chi connectivity index (χ4v) is 1.38. The lowest BCUT2D eigenvalue weighted by Gasteiger charge is -2.01. The van der Waals surface area contributed by atoms with E-state index < -0.39 is 5.97 Å². The van der Waals surface area contributed by atoms with Crippen LogP contribution in [0, 0.1) is 0 Å². The summed E-state index contributed by atoms with van der Waals surface area (Å²) in [7, 11) is 0. The molecule has 0 aromatic heterocycles. The Morgan fingerprint density at radius 2 is 1.67 bits per heavy atom. The van der Waals surface area contributed by atoms with E-state index in [0.717, 1.165) is 0 Å². The minimum atomic E-state index is -0.998. The van der Waals surface area contributed by atoms with Gasteiger partial charge in [0.15, 0.2) is 5.78 Å². The van der Waals surface area contributed by atoms with Gasteiger partial charge in [-0.1, -0.05) is 41.3 Å². The number of rotatable bonds is 4. The summed E-state index contributed by atoms with van der Waals surface area (Å²) in [5.41, 5.74) is 1.16. The molecule has 0 radical (unpaired) electrons. The molecule has 0 saturated carbocycles. The van der Waals surface area contributed by atoms with E-state index in [0.29, 0.717) is 15.6 Å². The molecule has 1 aromatic carbocycles. The Morgan fingerprint density at radius 3 is 2.07 bits per heavy atom. The monoisotopic (exact) mass is 316 g/mol. The lowest BCUT2D eigenvalue weighted by Crippen LogP contribution is -2.04. The summed E-state index contributed by atoms with van der Waals surface area (Å²) in [4.78, 5) is 22.2. The van der Waals surface area contributed by atoms with Crippen molar-refractivity contribution in [1.82, 2.24) is 0 Å². The topological polar surface area (TPSA) is 54.4 Å². The SMILES string of the molecule is C=C(CI)C(=O)c1ccc(C(=O)O)cc1. The molecule has 0 heterocycles. The average molecular weight is 316 g/mol. The summed E-state index contributed by atoms with van der Waals surface area (Å²) in [5, 5.41) is 8.67. The number of allylic oxidation sites excluding steroid dienone is 1. The number of carboxylic acids is 1. The number of hydrogen-bond donors (Lipinski definition) is 1. The predicted octanol–water partition coefficient (Wildman–Crippen LogP) is 2.56. The number of alkyl halides is 1. The van der Waals surface area contributed by atoms with Crippen LogP contribution in [0.1, 0.15) is 20.7 Å². The maximum Gasteiger partial charge on any atom is 0.335 e. The summed E-state index contributed by atoms with van der Waals surface area (Å²) in [6.07, 6.45) is 0. The summed E-state index contributed by atoms with van der Waals surface area (Å²) in [6.45, 7) is 3.63. The number of hydrogen-bond acceptors (Lipinski definition) is 2. The van der Waals surface area contributed by atoms with Crippen LogP contribution in [0.2, 0.25) is 0 Å². The van der Waals surface area contributed by atoms with Gasteiger partial charge < -0.3 is 5.11 Å². The molecule has 0 aliphatic rings. The zero-order valence-corrected chi connectivity index (χ0v) is 10.0. The Morgan fingerprint density at radius 1 is 1.20 bits per heavy atom. The minimum Gasteiger partial charge on any atom is -0.478 e.